The molecular formula is C23H25ClN2O3. The Hall–Kier alpha value is -2.97. The van der Waals surface area contributed by atoms with E-state index in [0.29, 0.717) is 34.4 Å². The fraction of sp³-hybridized carbons (Fsp3) is 0.304. The van der Waals surface area contributed by atoms with E-state index in [4.69, 9.17) is 21.1 Å². The van der Waals surface area contributed by atoms with Gasteiger partial charge in [0.05, 0.1) is 17.7 Å². The molecule has 1 N–H and O–H groups in total. The van der Waals surface area contributed by atoms with Gasteiger partial charge in [0.1, 0.15) is 11.6 Å². The van der Waals surface area contributed by atoms with Gasteiger partial charge < -0.3 is 14.8 Å². The molecule has 0 radical (unpaired) electrons. The number of hydrogen-bond donors (Lipinski definition) is 1. The molecule has 2 rings (SSSR count). The Kier molecular flexibility index (Phi) is 7.69. The van der Waals surface area contributed by atoms with Crippen molar-refractivity contribution in [3.05, 3.63) is 57.6 Å². The number of aryl methyl sites for hydroxylation is 2. The lowest BCUT2D eigenvalue weighted by Gasteiger charge is -2.16. The summed E-state index contributed by atoms with van der Waals surface area (Å²) in [5.41, 5.74) is 3.21. The zero-order valence-corrected chi connectivity index (χ0v) is 18.1. The van der Waals surface area contributed by atoms with Gasteiger partial charge in [0.2, 0.25) is 0 Å². The van der Waals surface area contributed by atoms with Crippen LogP contribution in [0.2, 0.25) is 5.02 Å². The maximum atomic E-state index is 12.6. The largest absolute Gasteiger partial charge is 0.490 e. The summed E-state index contributed by atoms with van der Waals surface area (Å²) in [5.74, 6) is 0.418. The minimum absolute atomic E-state index is 0.0407. The van der Waals surface area contributed by atoms with E-state index < -0.39 is 5.91 Å². The molecule has 0 fully saturated rings. The zero-order valence-electron chi connectivity index (χ0n) is 17.3. The fourth-order valence-electron chi connectivity index (χ4n) is 2.74. The Morgan fingerprint density at radius 3 is 2.59 bits per heavy atom. The lowest BCUT2D eigenvalue weighted by Crippen LogP contribution is -2.14. The molecule has 0 aromatic heterocycles. The van der Waals surface area contributed by atoms with E-state index in [0.717, 1.165) is 11.1 Å². The van der Waals surface area contributed by atoms with Crippen LogP contribution in [0.25, 0.3) is 6.08 Å². The van der Waals surface area contributed by atoms with Crippen LogP contribution >= 0.6 is 11.6 Å². The molecule has 0 saturated carbocycles. The Bertz CT molecular complexity index is 975. The average molecular weight is 413 g/mol. The standard InChI is InChI=1S/C23H25ClN2O3/c1-6-28-21-12-17(11-19(24)22(21)29-14(2)3)10-18(13-25)23(27)26-20-8-7-15(4)9-16(20)5/h7-12,14H,6H2,1-5H3,(H,26,27)/b18-10+. The summed E-state index contributed by atoms with van der Waals surface area (Å²) in [6, 6.07) is 11.0. The number of ether oxygens (including phenoxy) is 2. The molecule has 29 heavy (non-hydrogen) atoms. The number of anilines is 1. The second-order valence-corrected chi connectivity index (χ2v) is 7.28. The molecule has 1 amide bonds. The monoisotopic (exact) mass is 412 g/mol. The van der Waals surface area contributed by atoms with Crippen LogP contribution in [-0.2, 0) is 4.79 Å². The first-order valence-electron chi connectivity index (χ1n) is 9.38. The van der Waals surface area contributed by atoms with Crippen LogP contribution < -0.4 is 14.8 Å². The molecule has 0 aliphatic carbocycles. The highest BCUT2D eigenvalue weighted by molar-refractivity contribution is 6.32. The van der Waals surface area contributed by atoms with Gasteiger partial charge in [-0.15, -0.1) is 0 Å². The molecule has 0 spiro atoms. The third-order valence-corrected chi connectivity index (χ3v) is 4.27. The van der Waals surface area contributed by atoms with Crippen LogP contribution in [0.3, 0.4) is 0 Å². The van der Waals surface area contributed by atoms with Crippen molar-refractivity contribution in [2.45, 2.75) is 40.7 Å². The van der Waals surface area contributed by atoms with Gasteiger partial charge in [-0.05, 0) is 70.0 Å². The van der Waals surface area contributed by atoms with Crippen LogP contribution in [0.15, 0.2) is 35.9 Å². The highest BCUT2D eigenvalue weighted by Gasteiger charge is 2.16. The van der Waals surface area contributed by atoms with E-state index in [1.165, 1.54) is 6.08 Å². The lowest BCUT2D eigenvalue weighted by molar-refractivity contribution is -0.112. The first-order chi connectivity index (χ1) is 13.7. The van der Waals surface area contributed by atoms with E-state index in [2.05, 4.69) is 5.32 Å². The quantitative estimate of drug-likeness (QED) is 0.468. The first kappa shape index (κ1) is 22.3. The maximum Gasteiger partial charge on any atom is 0.266 e. The Labute approximate surface area is 176 Å². The van der Waals surface area contributed by atoms with Gasteiger partial charge in [-0.3, -0.25) is 4.79 Å². The minimum atomic E-state index is -0.490. The van der Waals surface area contributed by atoms with E-state index in [9.17, 15) is 10.1 Å². The van der Waals surface area contributed by atoms with Gasteiger partial charge in [-0.1, -0.05) is 29.3 Å². The Morgan fingerprint density at radius 1 is 1.28 bits per heavy atom. The van der Waals surface area contributed by atoms with Crippen molar-refractivity contribution in [3.8, 4) is 17.6 Å². The third-order valence-electron chi connectivity index (χ3n) is 3.99. The lowest BCUT2D eigenvalue weighted by atomic mass is 10.1. The van der Waals surface area contributed by atoms with Crippen molar-refractivity contribution in [1.82, 2.24) is 0 Å². The average Bonchev–Trinajstić information content (AvgIpc) is 2.64. The van der Waals surface area contributed by atoms with Crippen LogP contribution in [0.1, 0.15) is 37.5 Å². The van der Waals surface area contributed by atoms with Crippen LogP contribution in [-0.4, -0.2) is 18.6 Å². The number of rotatable bonds is 7. The topological polar surface area (TPSA) is 71.3 Å². The molecular weight excluding hydrogens is 388 g/mol. The molecule has 0 saturated heterocycles. The van der Waals surface area contributed by atoms with Crippen LogP contribution in [0, 0.1) is 25.2 Å². The second-order valence-electron chi connectivity index (χ2n) is 6.87. The molecule has 2 aromatic carbocycles. The molecule has 2 aromatic rings. The minimum Gasteiger partial charge on any atom is -0.490 e. The number of amides is 1. The van der Waals surface area contributed by atoms with E-state index >= 15 is 0 Å². The molecule has 6 heteroatoms. The van der Waals surface area contributed by atoms with Crippen LogP contribution in [0.4, 0.5) is 5.69 Å². The number of hydrogen-bond acceptors (Lipinski definition) is 4. The third kappa shape index (κ3) is 6.00. The summed E-state index contributed by atoms with van der Waals surface area (Å²) >= 11 is 6.37. The van der Waals surface area contributed by atoms with E-state index in [1.807, 2.05) is 58.9 Å². The maximum absolute atomic E-state index is 12.6. The molecule has 5 nitrogen and oxygen atoms in total. The van der Waals surface area contributed by atoms with Crippen molar-refractivity contribution in [2.75, 3.05) is 11.9 Å². The van der Waals surface area contributed by atoms with Crippen molar-refractivity contribution in [2.24, 2.45) is 0 Å². The molecule has 0 aliphatic rings. The van der Waals surface area contributed by atoms with Crippen molar-refractivity contribution in [3.63, 3.8) is 0 Å². The Morgan fingerprint density at radius 2 is 2.00 bits per heavy atom. The van der Waals surface area contributed by atoms with Gasteiger partial charge in [-0.2, -0.15) is 5.26 Å². The van der Waals surface area contributed by atoms with Gasteiger partial charge in [0.15, 0.2) is 11.5 Å². The summed E-state index contributed by atoms with van der Waals surface area (Å²) in [4.78, 5) is 12.6. The van der Waals surface area contributed by atoms with Crippen molar-refractivity contribution < 1.29 is 14.3 Å². The van der Waals surface area contributed by atoms with Crippen molar-refractivity contribution >= 4 is 29.3 Å². The highest BCUT2D eigenvalue weighted by Crippen LogP contribution is 2.38. The summed E-state index contributed by atoms with van der Waals surface area (Å²) in [6.07, 6.45) is 1.40. The SMILES string of the molecule is CCOc1cc(/C=C(\C#N)C(=O)Nc2ccc(C)cc2C)cc(Cl)c1OC(C)C. The van der Waals surface area contributed by atoms with Gasteiger partial charge in [0.25, 0.3) is 5.91 Å². The predicted molar refractivity (Wildman–Crippen MR) is 117 cm³/mol. The van der Waals surface area contributed by atoms with E-state index in [1.54, 1.807) is 12.1 Å². The summed E-state index contributed by atoms with van der Waals surface area (Å²) in [7, 11) is 0. The number of nitrogens with zero attached hydrogens (tertiary/aromatic N) is 1. The molecule has 0 bridgehead atoms. The highest BCUT2D eigenvalue weighted by atomic mass is 35.5. The number of nitrogens with one attached hydrogen (secondary N) is 1. The summed E-state index contributed by atoms with van der Waals surface area (Å²) in [6.45, 7) is 9.95. The van der Waals surface area contributed by atoms with Gasteiger partial charge in [-0.25, -0.2) is 0 Å². The fourth-order valence-corrected chi connectivity index (χ4v) is 3.01. The molecule has 0 heterocycles. The number of carbonyl (C=O) groups is 1. The van der Waals surface area contributed by atoms with Crippen molar-refractivity contribution in [1.29, 1.82) is 5.26 Å². The number of halogens is 1. The summed E-state index contributed by atoms with van der Waals surface area (Å²) < 4.78 is 11.4. The molecule has 0 unspecified atom stereocenters. The second kappa shape index (κ2) is 9.99. The smallest absolute Gasteiger partial charge is 0.266 e. The van der Waals surface area contributed by atoms with Gasteiger partial charge in [0, 0.05) is 5.69 Å². The normalized spacial score (nSPS) is 11.2. The molecule has 0 atom stereocenters. The zero-order chi connectivity index (χ0) is 21.6. The van der Waals surface area contributed by atoms with Crippen LogP contribution in [0.5, 0.6) is 11.5 Å². The number of benzene rings is 2. The summed E-state index contributed by atoms with van der Waals surface area (Å²) in [5, 5.41) is 12.6. The van der Waals surface area contributed by atoms with Gasteiger partial charge >= 0.3 is 0 Å². The number of carbonyl (C=O) groups excluding carboxylic acids is 1. The molecule has 0 aliphatic heterocycles. The number of nitriles is 1. The van der Waals surface area contributed by atoms with E-state index in [-0.39, 0.29) is 11.7 Å². The predicted octanol–water partition coefficient (Wildman–Crippen LogP) is 5.69. The molecule has 152 valence electrons. The Balaban J connectivity index is 2.36. The first-order valence-corrected chi connectivity index (χ1v) is 9.76.